The van der Waals surface area contributed by atoms with E-state index in [2.05, 4.69) is 43.5 Å². The Bertz CT molecular complexity index is 1210. The van der Waals surface area contributed by atoms with Gasteiger partial charge in [0.2, 0.25) is 5.91 Å². The predicted molar refractivity (Wildman–Crippen MR) is 329 cm³/mol. The maximum absolute atomic E-state index is 12.4. The van der Waals surface area contributed by atoms with E-state index in [1.807, 2.05) is 6.08 Å². The zero-order valence-electron chi connectivity index (χ0n) is 50.5. The fraction of sp³-hybridized carbons (Fsp3) is 0.884. The van der Waals surface area contributed by atoms with Gasteiger partial charge in [0.1, 0.15) is 0 Å². The first-order valence-corrected chi connectivity index (χ1v) is 33.8. The van der Waals surface area contributed by atoms with E-state index in [1.165, 1.54) is 295 Å². The van der Waals surface area contributed by atoms with Crippen LogP contribution in [0.4, 0.5) is 0 Å². The lowest BCUT2D eigenvalue weighted by Crippen LogP contribution is -2.45. The number of unbranched alkanes of at least 4 members (excludes halogenated alkanes) is 48. The van der Waals surface area contributed by atoms with E-state index in [4.69, 9.17) is 4.74 Å². The van der Waals surface area contributed by atoms with Crippen molar-refractivity contribution in [2.24, 2.45) is 0 Å². The Hall–Kier alpha value is -1.92. The number of hydrogen-bond donors (Lipinski definition) is 3. The second-order valence-electron chi connectivity index (χ2n) is 23.1. The normalized spacial score (nSPS) is 12.7. The molecule has 0 saturated carbocycles. The van der Waals surface area contributed by atoms with Gasteiger partial charge in [-0.05, 0) is 83.5 Å². The second kappa shape index (κ2) is 64.6. The summed E-state index contributed by atoms with van der Waals surface area (Å²) in [5.74, 6) is -0.0560. The summed E-state index contributed by atoms with van der Waals surface area (Å²) in [4.78, 5) is 24.5. The smallest absolute Gasteiger partial charge is 0.305 e. The highest BCUT2D eigenvalue weighted by molar-refractivity contribution is 5.76. The zero-order valence-corrected chi connectivity index (χ0v) is 50.5. The Morgan fingerprint density at radius 1 is 0.360 bits per heavy atom. The third kappa shape index (κ3) is 61.2. The molecule has 0 saturated heterocycles. The highest BCUT2D eigenvalue weighted by Gasteiger charge is 2.18. The predicted octanol–water partition coefficient (Wildman–Crippen LogP) is 21.5. The third-order valence-electron chi connectivity index (χ3n) is 15.6. The molecule has 0 aliphatic heterocycles. The van der Waals surface area contributed by atoms with Gasteiger partial charge in [0.25, 0.3) is 0 Å². The summed E-state index contributed by atoms with van der Waals surface area (Å²) < 4.78 is 5.49. The van der Waals surface area contributed by atoms with Gasteiger partial charge < -0.3 is 20.3 Å². The second-order valence-corrected chi connectivity index (χ2v) is 23.1. The number of carbonyl (C=O) groups is 2. The lowest BCUT2D eigenvalue weighted by Gasteiger charge is -2.20. The summed E-state index contributed by atoms with van der Waals surface area (Å²) in [6.45, 7) is 4.91. The molecule has 0 bridgehead atoms. The summed E-state index contributed by atoms with van der Waals surface area (Å²) in [6, 6.07) is -0.625. The monoisotopic (exact) mass is 1050 g/mol. The van der Waals surface area contributed by atoms with Crippen molar-refractivity contribution in [2.75, 3.05) is 13.2 Å². The van der Waals surface area contributed by atoms with Gasteiger partial charge in [-0.1, -0.05) is 307 Å². The molecule has 0 aromatic rings. The Labute approximate surface area is 468 Å². The first-order chi connectivity index (χ1) is 37.0. The quantitative estimate of drug-likeness (QED) is 0.0320. The van der Waals surface area contributed by atoms with E-state index in [0.717, 1.165) is 44.9 Å². The van der Waals surface area contributed by atoms with Gasteiger partial charge in [-0.25, -0.2) is 0 Å². The molecule has 1 amide bonds. The molecule has 0 aromatic heterocycles. The maximum Gasteiger partial charge on any atom is 0.305 e. The molecule has 75 heavy (non-hydrogen) atoms. The SMILES string of the molecule is CCCCCCCC/C=C\CCCCCCCC(=O)OCCCCCCCCCCCCCC/C=C\CCCCCCCCCCCCCCCCCC(=O)NC(CO)C(O)/C=C/CCCCCCCCCCCC. The fourth-order valence-corrected chi connectivity index (χ4v) is 10.4. The van der Waals surface area contributed by atoms with Gasteiger partial charge in [-0.3, -0.25) is 9.59 Å². The molecule has 0 spiro atoms. The van der Waals surface area contributed by atoms with Crippen molar-refractivity contribution >= 4 is 11.9 Å². The van der Waals surface area contributed by atoms with Crippen molar-refractivity contribution < 1.29 is 24.5 Å². The molecule has 0 heterocycles. The summed E-state index contributed by atoms with van der Waals surface area (Å²) in [6.07, 6.45) is 82.2. The van der Waals surface area contributed by atoms with Crippen molar-refractivity contribution in [3.63, 3.8) is 0 Å². The molecule has 0 aliphatic rings. The molecule has 0 radical (unpaired) electrons. The maximum atomic E-state index is 12.4. The van der Waals surface area contributed by atoms with Crippen LogP contribution in [0.15, 0.2) is 36.5 Å². The Kier molecular flexibility index (Phi) is 63.0. The van der Waals surface area contributed by atoms with Crippen LogP contribution in [-0.2, 0) is 14.3 Å². The van der Waals surface area contributed by atoms with Crippen LogP contribution in [0.1, 0.15) is 367 Å². The molecule has 6 heteroatoms. The third-order valence-corrected chi connectivity index (χ3v) is 15.6. The molecule has 2 atom stereocenters. The van der Waals surface area contributed by atoms with Crippen molar-refractivity contribution in [1.82, 2.24) is 5.32 Å². The number of aliphatic hydroxyl groups is 2. The van der Waals surface area contributed by atoms with Crippen LogP contribution in [0, 0.1) is 0 Å². The number of ether oxygens (including phenoxy) is 1. The number of aliphatic hydroxyl groups excluding tert-OH is 2. The molecule has 442 valence electrons. The molecule has 0 rings (SSSR count). The number of esters is 1. The van der Waals surface area contributed by atoms with E-state index < -0.39 is 12.1 Å². The molecule has 2 unspecified atom stereocenters. The van der Waals surface area contributed by atoms with Gasteiger partial charge in [-0.15, -0.1) is 0 Å². The average molecular weight is 1050 g/mol. The highest BCUT2D eigenvalue weighted by atomic mass is 16.5. The average Bonchev–Trinajstić information content (AvgIpc) is 3.41. The van der Waals surface area contributed by atoms with E-state index in [9.17, 15) is 19.8 Å². The minimum absolute atomic E-state index is 0.00958. The van der Waals surface area contributed by atoms with Gasteiger partial charge >= 0.3 is 5.97 Å². The van der Waals surface area contributed by atoms with Crippen LogP contribution in [0.3, 0.4) is 0 Å². The molecule has 3 N–H and O–H groups in total. The molecular formula is C69H131NO5. The Morgan fingerprint density at radius 3 is 0.947 bits per heavy atom. The molecule has 0 fully saturated rings. The zero-order chi connectivity index (χ0) is 54.3. The topological polar surface area (TPSA) is 95.9 Å². The van der Waals surface area contributed by atoms with Crippen LogP contribution in [-0.4, -0.2) is 47.4 Å². The van der Waals surface area contributed by atoms with Crippen LogP contribution in [0.25, 0.3) is 0 Å². The van der Waals surface area contributed by atoms with Crippen molar-refractivity contribution in [1.29, 1.82) is 0 Å². The number of amides is 1. The highest BCUT2D eigenvalue weighted by Crippen LogP contribution is 2.18. The summed E-state index contributed by atoms with van der Waals surface area (Å²) in [5.41, 5.74) is 0. The summed E-state index contributed by atoms with van der Waals surface area (Å²) in [7, 11) is 0. The number of allylic oxidation sites excluding steroid dienone is 5. The van der Waals surface area contributed by atoms with Crippen molar-refractivity contribution in [2.45, 2.75) is 379 Å². The Balaban J connectivity index is 3.36. The van der Waals surface area contributed by atoms with Crippen LogP contribution in [0.5, 0.6) is 0 Å². The minimum atomic E-state index is -0.842. The van der Waals surface area contributed by atoms with Gasteiger partial charge in [0, 0.05) is 12.8 Å². The Morgan fingerprint density at radius 2 is 0.627 bits per heavy atom. The van der Waals surface area contributed by atoms with E-state index in [-0.39, 0.29) is 18.5 Å². The standard InChI is InChI=1S/C69H131NO5/c1-3-5-7-9-11-13-15-17-35-39-43-47-51-55-59-63-69(74)75-64-60-56-52-48-44-40-37-34-32-30-28-26-24-22-20-18-19-21-23-25-27-29-31-33-36-38-42-46-50-54-58-62-68(73)70-66(65-71)67(72)61-57-53-49-45-41-16-14-12-10-8-6-4-2/h17,20,22,35,57,61,66-67,71-72H,3-16,18-19,21,23-34,36-56,58-60,62-65H2,1-2H3,(H,70,73)/b22-20-,35-17-,61-57+. The number of rotatable bonds is 63. The summed E-state index contributed by atoms with van der Waals surface area (Å²) in [5, 5.41) is 23.1. The first kappa shape index (κ1) is 73.1. The number of nitrogens with one attached hydrogen (secondary N) is 1. The van der Waals surface area contributed by atoms with Gasteiger partial charge in [-0.2, -0.15) is 0 Å². The lowest BCUT2D eigenvalue weighted by atomic mass is 10.0. The van der Waals surface area contributed by atoms with Crippen LogP contribution < -0.4 is 5.32 Å². The largest absolute Gasteiger partial charge is 0.466 e. The summed E-state index contributed by atoms with van der Waals surface area (Å²) >= 11 is 0. The number of carbonyl (C=O) groups excluding carboxylic acids is 2. The molecular weight excluding hydrogens is 923 g/mol. The van der Waals surface area contributed by atoms with E-state index in [0.29, 0.717) is 19.4 Å². The molecule has 0 aromatic carbocycles. The van der Waals surface area contributed by atoms with Gasteiger partial charge in [0.05, 0.1) is 25.4 Å². The van der Waals surface area contributed by atoms with E-state index >= 15 is 0 Å². The minimum Gasteiger partial charge on any atom is -0.466 e. The van der Waals surface area contributed by atoms with Crippen LogP contribution in [0.2, 0.25) is 0 Å². The van der Waals surface area contributed by atoms with Crippen LogP contribution >= 0.6 is 0 Å². The van der Waals surface area contributed by atoms with E-state index in [1.54, 1.807) is 6.08 Å². The number of hydrogen-bond acceptors (Lipinski definition) is 5. The molecule has 0 aliphatic carbocycles. The first-order valence-electron chi connectivity index (χ1n) is 33.8. The van der Waals surface area contributed by atoms with Gasteiger partial charge in [0.15, 0.2) is 0 Å². The lowest BCUT2D eigenvalue weighted by molar-refractivity contribution is -0.143. The van der Waals surface area contributed by atoms with Crippen molar-refractivity contribution in [3.8, 4) is 0 Å². The van der Waals surface area contributed by atoms with Crippen molar-refractivity contribution in [3.05, 3.63) is 36.5 Å². The molecule has 6 nitrogen and oxygen atoms in total. The fourth-order valence-electron chi connectivity index (χ4n) is 10.4.